The van der Waals surface area contributed by atoms with Gasteiger partial charge in [0.2, 0.25) is 0 Å². The van der Waals surface area contributed by atoms with Gasteiger partial charge in [0.1, 0.15) is 12.2 Å². The van der Waals surface area contributed by atoms with Gasteiger partial charge >= 0.3 is 0 Å². The van der Waals surface area contributed by atoms with E-state index in [2.05, 4.69) is 54.8 Å². The first-order valence-corrected chi connectivity index (χ1v) is 9.00. The first-order chi connectivity index (χ1) is 11.3. The summed E-state index contributed by atoms with van der Waals surface area (Å²) in [6.45, 7) is 5.16. The van der Waals surface area contributed by atoms with Gasteiger partial charge < -0.3 is 10.2 Å². The lowest BCUT2D eigenvalue weighted by atomic mass is 9.96. The van der Waals surface area contributed by atoms with Crippen molar-refractivity contribution in [1.82, 2.24) is 25.4 Å². The molecule has 1 unspecified atom stereocenters. The second-order valence-electron chi connectivity index (χ2n) is 5.98. The number of piperidine rings is 1. The van der Waals surface area contributed by atoms with Crippen molar-refractivity contribution in [2.45, 2.75) is 31.6 Å². The number of aliphatic imine (C=N–C) groups is 1. The van der Waals surface area contributed by atoms with Gasteiger partial charge in [-0.2, -0.15) is 5.10 Å². The second-order valence-corrected chi connectivity index (χ2v) is 6.96. The maximum Gasteiger partial charge on any atom is 0.193 e. The Hall–Kier alpha value is -1.89. The van der Waals surface area contributed by atoms with E-state index in [1.807, 2.05) is 18.4 Å². The Labute approximate surface area is 141 Å². The summed E-state index contributed by atoms with van der Waals surface area (Å²) in [5, 5.41) is 12.6. The van der Waals surface area contributed by atoms with E-state index in [0.717, 1.165) is 44.3 Å². The molecule has 23 heavy (non-hydrogen) atoms. The number of nitrogens with zero attached hydrogens (tertiary/aromatic N) is 4. The summed E-state index contributed by atoms with van der Waals surface area (Å²) in [7, 11) is 1.86. The van der Waals surface area contributed by atoms with E-state index < -0.39 is 0 Å². The predicted molar refractivity (Wildman–Crippen MR) is 94.0 cm³/mol. The number of guanidine groups is 1. The van der Waals surface area contributed by atoms with Crippen LogP contribution in [0.25, 0.3) is 0 Å². The Morgan fingerprint density at radius 2 is 2.35 bits per heavy atom. The predicted octanol–water partition coefficient (Wildman–Crippen LogP) is 2.42. The molecule has 0 saturated carbocycles. The molecule has 1 saturated heterocycles. The number of likely N-dealkylation sites (tertiary alicyclic amines) is 1. The van der Waals surface area contributed by atoms with Gasteiger partial charge in [-0.05, 0) is 24.3 Å². The highest BCUT2D eigenvalue weighted by Crippen LogP contribution is 2.25. The fraction of sp³-hybridized carbons (Fsp3) is 0.562. The van der Waals surface area contributed by atoms with Crippen molar-refractivity contribution in [3.8, 4) is 0 Å². The number of hydrogen-bond donors (Lipinski definition) is 2. The van der Waals surface area contributed by atoms with Crippen molar-refractivity contribution in [2.75, 3.05) is 26.7 Å². The number of hydrogen-bond acceptors (Lipinski definition) is 4. The Morgan fingerprint density at radius 1 is 1.52 bits per heavy atom. The maximum absolute atomic E-state index is 4.45. The molecular weight excluding hydrogens is 308 g/mol. The van der Waals surface area contributed by atoms with Crippen molar-refractivity contribution in [3.63, 3.8) is 0 Å². The van der Waals surface area contributed by atoms with Gasteiger partial charge in [-0.25, -0.2) is 4.98 Å². The van der Waals surface area contributed by atoms with E-state index >= 15 is 0 Å². The van der Waals surface area contributed by atoms with Crippen molar-refractivity contribution < 1.29 is 0 Å². The molecule has 2 N–H and O–H groups in total. The van der Waals surface area contributed by atoms with E-state index in [9.17, 15) is 0 Å². The molecule has 0 bridgehead atoms. The topological polar surface area (TPSA) is 69.2 Å². The fourth-order valence-corrected chi connectivity index (χ4v) is 3.81. The fourth-order valence-electron chi connectivity index (χ4n) is 3.03. The second kappa shape index (κ2) is 7.59. The third-order valence-corrected chi connectivity index (χ3v) is 5.53. The quantitative estimate of drug-likeness (QED) is 0.666. The maximum atomic E-state index is 4.45. The molecule has 3 heterocycles. The van der Waals surface area contributed by atoms with Crippen LogP contribution in [0.5, 0.6) is 0 Å². The highest BCUT2D eigenvalue weighted by Gasteiger charge is 2.24. The molecule has 2 aromatic rings. The monoisotopic (exact) mass is 332 g/mol. The third kappa shape index (κ3) is 3.90. The molecule has 1 aliphatic heterocycles. The molecule has 0 radical (unpaired) electrons. The summed E-state index contributed by atoms with van der Waals surface area (Å²) >= 11 is 1.81. The van der Waals surface area contributed by atoms with Crippen LogP contribution in [0.4, 0.5) is 0 Å². The van der Waals surface area contributed by atoms with Crippen LogP contribution in [0.1, 0.15) is 42.3 Å². The molecule has 0 spiro atoms. The van der Waals surface area contributed by atoms with Gasteiger partial charge in [0.05, 0.1) is 0 Å². The van der Waals surface area contributed by atoms with Gasteiger partial charge in [-0.1, -0.05) is 13.0 Å². The Kier molecular flexibility index (Phi) is 5.27. The van der Waals surface area contributed by atoms with Crippen LogP contribution in [0, 0.1) is 0 Å². The first-order valence-electron chi connectivity index (χ1n) is 8.12. The zero-order chi connectivity index (χ0) is 16.1. The van der Waals surface area contributed by atoms with Gasteiger partial charge in [0.25, 0.3) is 0 Å². The molecule has 0 amide bonds. The van der Waals surface area contributed by atoms with E-state index in [-0.39, 0.29) is 0 Å². The van der Waals surface area contributed by atoms with Crippen molar-refractivity contribution in [1.29, 1.82) is 0 Å². The van der Waals surface area contributed by atoms with Crippen molar-refractivity contribution in [2.24, 2.45) is 4.99 Å². The molecule has 0 aliphatic carbocycles. The average molecular weight is 332 g/mol. The molecule has 7 heteroatoms. The molecular formula is C16H24N6S. The number of aromatic nitrogens is 3. The lowest BCUT2D eigenvalue weighted by Gasteiger charge is -2.33. The van der Waals surface area contributed by atoms with Crippen LogP contribution in [0.3, 0.4) is 0 Å². The van der Waals surface area contributed by atoms with E-state index in [0.29, 0.717) is 11.8 Å². The summed E-state index contributed by atoms with van der Waals surface area (Å²) in [5.41, 5.74) is 0. The van der Waals surface area contributed by atoms with Crippen LogP contribution in [0.2, 0.25) is 0 Å². The smallest absolute Gasteiger partial charge is 0.193 e. The molecule has 3 rings (SSSR count). The first kappa shape index (κ1) is 16.0. The average Bonchev–Trinajstić information content (AvgIpc) is 3.29. The third-order valence-electron chi connectivity index (χ3n) is 4.42. The number of nitrogens with one attached hydrogen (secondary N) is 2. The number of aromatic amines is 1. The molecule has 1 fully saturated rings. The minimum absolute atomic E-state index is 0.483. The van der Waals surface area contributed by atoms with Crippen LogP contribution < -0.4 is 5.32 Å². The van der Waals surface area contributed by atoms with Crippen molar-refractivity contribution >= 4 is 17.3 Å². The SMILES string of the molecule is CN=C(NCC(C)c1cccs1)N1CCC(c2ncn[nH]2)CC1. The highest BCUT2D eigenvalue weighted by atomic mass is 32.1. The summed E-state index contributed by atoms with van der Waals surface area (Å²) in [6, 6.07) is 4.31. The lowest BCUT2D eigenvalue weighted by molar-refractivity contribution is 0.298. The van der Waals surface area contributed by atoms with Crippen LogP contribution in [0.15, 0.2) is 28.8 Å². The molecule has 1 atom stereocenters. The largest absolute Gasteiger partial charge is 0.356 e. The molecule has 0 aromatic carbocycles. The summed E-state index contributed by atoms with van der Waals surface area (Å²) in [6.07, 6.45) is 3.75. The van der Waals surface area contributed by atoms with Crippen LogP contribution in [-0.2, 0) is 0 Å². The van der Waals surface area contributed by atoms with Crippen molar-refractivity contribution in [3.05, 3.63) is 34.5 Å². The lowest BCUT2D eigenvalue weighted by Crippen LogP contribution is -2.46. The zero-order valence-electron chi connectivity index (χ0n) is 13.7. The van der Waals surface area contributed by atoms with Crippen LogP contribution >= 0.6 is 11.3 Å². The minimum atomic E-state index is 0.483. The zero-order valence-corrected chi connectivity index (χ0v) is 14.5. The standard InChI is InChI=1S/C16H24N6S/c1-12(14-4-3-9-23-14)10-18-16(17-2)22-7-5-13(6-8-22)15-19-11-20-21-15/h3-4,9,11-13H,5-8,10H2,1-2H3,(H,17,18)(H,19,20,21). The number of rotatable bonds is 4. The molecule has 2 aromatic heterocycles. The van der Waals surface area contributed by atoms with Crippen LogP contribution in [-0.4, -0.2) is 52.7 Å². The van der Waals surface area contributed by atoms with E-state index in [4.69, 9.17) is 0 Å². The number of thiophene rings is 1. The summed E-state index contributed by atoms with van der Waals surface area (Å²) in [4.78, 5) is 12.5. The molecule has 6 nitrogen and oxygen atoms in total. The van der Waals surface area contributed by atoms with Gasteiger partial charge in [0, 0.05) is 43.4 Å². The van der Waals surface area contributed by atoms with Gasteiger partial charge in [-0.3, -0.25) is 10.1 Å². The van der Waals surface area contributed by atoms with E-state index in [1.165, 1.54) is 4.88 Å². The van der Waals surface area contributed by atoms with Gasteiger partial charge in [-0.15, -0.1) is 11.3 Å². The normalized spacial score (nSPS) is 18.2. The Morgan fingerprint density at radius 3 is 2.96 bits per heavy atom. The summed E-state index contributed by atoms with van der Waals surface area (Å²) in [5.74, 6) is 3.00. The molecule has 124 valence electrons. The Bertz CT molecular complexity index is 599. The highest BCUT2D eigenvalue weighted by molar-refractivity contribution is 7.10. The summed E-state index contributed by atoms with van der Waals surface area (Å²) < 4.78 is 0. The minimum Gasteiger partial charge on any atom is -0.356 e. The number of H-pyrrole nitrogens is 1. The molecule has 1 aliphatic rings. The Balaban J connectivity index is 1.50. The van der Waals surface area contributed by atoms with Gasteiger partial charge in [0.15, 0.2) is 5.96 Å². The van der Waals surface area contributed by atoms with E-state index in [1.54, 1.807) is 6.33 Å².